The number of piperidine rings is 1. The van der Waals surface area contributed by atoms with Crippen LogP contribution < -0.4 is 10.1 Å². The van der Waals surface area contributed by atoms with Gasteiger partial charge < -0.3 is 14.8 Å². The number of hydrogen-bond donors (Lipinski definition) is 1. The van der Waals surface area contributed by atoms with Crippen LogP contribution in [0, 0.1) is 10.1 Å². The lowest BCUT2D eigenvalue weighted by atomic mass is 10.0. The number of ether oxygens (including phenoxy) is 2. The Morgan fingerprint density at radius 3 is 2.78 bits per heavy atom. The number of fused-ring (bicyclic) bond motifs is 1. The molecule has 1 saturated heterocycles. The van der Waals surface area contributed by atoms with Gasteiger partial charge in [0, 0.05) is 23.6 Å². The largest absolute Gasteiger partial charge is 0.487 e. The molecule has 4 rings (SSSR count). The Kier molecular flexibility index (Phi) is 8.84. The fourth-order valence-electron chi connectivity index (χ4n) is 4.74. The Hall–Kier alpha value is -3.79. The van der Waals surface area contributed by atoms with E-state index in [4.69, 9.17) is 9.47 Å². The monoisotopic (exact) mass is 507 g/mol. The van der Waals surface area contributed by atoms with Gasteiger partial charge in [-0.15, -0.1) is 0 Å². The van der Waals surface area contributed by atoms with Crippen molar-refractivity contribution in [3.8, 4) is 5.75 Å². The summed E-state index contributed by atoms with van der Waals surface area (Å²) in [6, 6.07) is 12.7. The topological polar surface area (TPSA) is 120 Å². The van der Waals surface area contributed by atoms with Crippen LogP contribution in [0.25, 0.3) is 10.9 Å². The maximum absolute atomic E-state index is 12.0. The van der Waals surface area contributed by atoms with Gasteiger partial charge in [-0.25, -0.2) is 9.97 Å². The Bertz CT molecular complexity index is 1220. The van der Waals surface area contributed by atoms with Crippen LogP contribution >= 0.6 is 0 Å². The Morgan fingerprint density at radius 2 is 2.03 bits per heavy atom. The molecule has 0 saturated carbocycles. The van der Waals surface area contributed by atoms with Crippen LogP contribution in [0.3, 0.4) is 0 Å². The van der Waals surface area contributed by atoms with Gasteiger partial charge in [-0.3, -0.25) is 19.8 Å². The van der Waals surface area contributed by atoms with Gasteiger partial charge >= 0.3 is 11.7 Å². The Morgan fingerprint density at radius 1 is 1.22 bits per heavy atom. The molecule has 2 unspecified atom stereocenters. The van der Waals surface area contributed by atoms with Crippen molar-refractivity contribution in [2.75, 3.05) is 32.1 Å². The number of unbranched alkanes of at least 4 members (excludes halogenated alkanes) is 1. The quantitative estimate of drug-likeness (QED) is 0.167. The van der Waals surface area contributed by atoms with Gasteiger partial charge in [-0.05, 0) is 51.3 Å². The molecule has 0 amide bonds. The second-order valence-electron chi connectivity index (χ2n) is 9.22. The number of nitrogens with zero attached hydrogens (tertiary/aromatic N) is 4. The van der Waals surface area contributed by atoms with Gasteiger partial charge in [0.1, 0.15) is 18.2 Å². The van der Waals surface area contributed by atoms with Crippen LogP contribution in [-0.4, -0.2) is 58.6 Å². The second kappa shape index (κ2) is 12.4. The van der Waals surface area contributed by atoms with E-state index in [1.54, 1.807) is 6.07 Å². The van der Waals surface area contributed by atoms with Crippen LogP contribution in [0.2, 0.25) is 0 Å². The van der Waals surface area contributed by atoms with Crippen molar-refractivity contribution in [3.05, 3.63) is 64.5 Å². The third kappa shape index (κ3) is 6.51. The minimum Gasteiger partial charge on any atom is -0.487 e. The number of rotatable bonds is 11. The molecule has 1 aliphatic rings. The average molecular weight is 508 g/mol. The summed E-state index contributed by atoms with van der Waals surface area (Å²) in [5.74, 6) is 0.526. The molecule has 1 fully saturated rings. The first-order chi connectivity index (χ1) is 18.0. The molecule has 2 heterocycles. The lowest BCUT2D eigenvalue weighted by Crippen LogP contribution is -2.45. The lowest BCUT2D eigenvalue weighted by Gasteiger charge is -2.33. The van der Waals surface area contributed by atoms with E-state index in [-0.39, 0.29) is 29.5 Å². The van der Waals surface area contributed by atoms with E-state index in [9.17, 15) is 14.9 Å². The van der Waals surface area contributed by atoms with Gasteiger partial charge in [0.2, 0.25) is 0 Å². The standard InChI is InChI=1S/C27H33N5O5/c1-19(20-10-4-3-5-11-20)30-26-21-16-24(32(34)35)25(17-22(21)28-18-29-26)37-15-9-8-14-31-13-7-6-12-23(31)27(33)36-2/h3-5,10-11,16-19,23H,6-9,12-15H2,1-2H3,(H,28,29,30). The van der Waals surface area contributed by atoms with Crippen molar-refractivity contribution in [2.45, 2.75) is 51.1 Å². The minimum absolute atomic E-state index is 0.0482. The first-order valence-corrected chi connectivity index (χ1v) is 12.7. The normalized spacial score (nSPS) is 16.8. The lowest BCUT2D eigenvalue weighted by molar-refractivity contribution is -0.385. The van der Waals surface area contributed by atoms with E-state index < -0.39 is 4.92 Å². The summed E-state index contributed by atoms with van der Waals surface area (Å²) < 4.78 is 10.8. The molecule has 10 heteroatoms. The molecule has 0 bridgehead atoms. The molecular weight excluding hydrogens is 474 g/mol. The summed E-state index contributed by atoms with van der Waals surface area (Å²) in [5.41, 5.74) is 1.51. The van der Waals surface area contributed by atoms with E-state index in [0.29, 0.717) is 29.7 Å². The highest BCUT2D eigenvalue weighted by atomic mass is 16.6. The number of esters is 1. The van der Waals surface area contributed by atoms with Gasteiger partial charge in [-0.2, -0.15) is 0 Å². The molecule has 1 aliphatic heterocycles. The van der Waals surface area contributed by atoms with E-state index in [2.05, 4.69) is 20.2 Å². The summed E-state index contributed by atoms with van der Waals surface area (Å²) in [6.07, 6.45) is 5.85. The molecule has 0 aliphatic carbocycles. The molecule has 2 atom stereocenters. The molecule has 2 aromatic carbocycles. The number of carbonyl (C=O) groups excluding carboxylic acids is 1. The smallest absolute Gasteiger partial charge is 0.323 e. The Labute approximate surface area is 216 Å². The number of hydrogen-bond acceptors (Lipinski definition) is 9. The number of nitro benzene ring substituents is 1. The van der Waals surface area contributed by atoms with Crippen molar-refractivity contribution < 1.29 is 19.2 Å². The molecule has 37 heavy (non-hydrogen) atoms. The second-order valence-corrected chi connectivity index (χ2v) is 9.22. The summed E-state index contributed by atoms with van der Waals surface area (Å²) in [4.78, 5) is 34.3. The van der Waals surface area contributed by atoms with Crippen molar-refractivity contribution in [1.29, 1.82) is 0 Å². The summed E-state index contributed by atoms with van der Waals surface area (Å²) >= 11 is 0. The van der Waals surface area contributed by atoms with Crippen molar-refractivity contribution in [3.63, 3.8) is 0 Å². The molecule has 1 N–H and O–H groups in total. The molecule has 196 valence electrons. The maximum Gasteiger partial charge on any atom is 0.323 e. The molecule has 1 aromatic heterocycles. The number of methoxy groups -OCH3 is 1. The number of carbonyl (C=O) groups is 1. The van der Waals surface area contributed by atoms with Crippen LogP contribution in [0.5, 0.6) is 5.75 Å². The predicted molar refractivity (Wildman–Crippen MR) is 141 cm³/mol. The summed E-state index contributed by atoms with van der Waals surface area (Å²) in [5, 5.41) is 15.8. The molecular formula is C27H33N5O5. The van der Waals surface area contributed by atoms with E-state index >= 15 is 0 Å². The minimum atomic E-state index is -0.444. The molecule has 3 aromatic rings. The number of aromatic nitrogens is 2. The number of benzene rings is 2. The van der Waals surface area contributed by atoms with E-state index in [1.165, 1.54) is 19.5 Å². The zero-order chi connectivity index (χ0) is 26.2. The van der Waals surface area contributed by atoms with Gasteiger partial charge in [0.05, 0.1) is 24.2 Å². The highest BCUT2D eigenvalue weighted by Gasteiger charge is 2.28. The van der Waals surface area contributed by atoms with E-state index in [1.807, 2.05) is 37.3 Å². The van der Waals surface area contributed by atoms with Crippen molar-refractivity contribution >= 4 is 28.4 Å². The van der Waals surface area contributed by atoms with E-state index in [0.717, 1.165) is 44.3 Å². The molecule has 0 radical (unpaired) electrons. The van der Waals surface area contributed by atoms with Gasteiger partial charge in [0.25, 0.3) is 0 Å². The third-order valence-corrected chi connectivity index (χ3v) is 6.75. The predicted octanol–water partition coefficient (Wildman–Crippen LogP) is 4.90. The Balaban J connectivity index is 1.41. The zero-order valence-corrected chi connectivity index (χ0v) is 21.3. The van der Waals surface area contributed by atoms with Crippen molar-refractivity contribution in [1.82, 2.24) is 14.9 Å². The zero-order valence-electron chi connectivity index (χ0n) is 21.3. The number of nitrogens with one attached hydrogen (secondary N) is 1. The fourth-order valence-corrected chi connectivity index (χ4v) is 4.74. The number of nitro groups is 1. The highest BCUT2D eigenvalue weighted by Crippen LogP contribution is 2.35. The fraction of sp³-hybridized carbons (Fsp3) is 0.444. The van der Waals surface area contributed by atoms with Crippen LogP contribution in [-0.2, 0) is 9.53 Å². The maximum atomic E-state index is 12.0. The SMILES string of the molecule is COC(=O)C1CCCCN1CCCCOc1cc2ncnc(NC(C)c3ccccc3)c2cc1[N+](=O)[O-]. The van der Waals surface area contributed by atoms with Gasteiger partial charge in [-0.1, -0.05) is 36.8 Å². The third-order valence-electron chi connectivity index (χ3n) is 6.75. The number of likely N-dealkylation sites (tertiary alicyclic amines) is 1. The van der Waals surface area contributed by atoms with Crippen LogP contribution in [0.15, 0.2) is 48.8 Å². The van der Waals surface area contributed by atoms with Gasteiger partial charge in [0.15, 0.2) is 5.75 Å². The highest BCUT2D eigenvalue weighted by molar-refractivity contribution is 5.92. The molecule has 10 nitrogen and oxygen atoms in total. The summed E-state index contributed by atoms with van der Waals surface area (Å²) in [6.45, 7) is 3.96. The molecule has 0 spiro atoms. The first kappa shape index (κ1) is 26.3. The van der Waals surface area contributed by atoms with Crippen LogP contribution in [0.4, 0.5) is 11.5 Å². The summed E-state index contributed by atoms with van der Waals surface area (Å²) in [7, 11) is 1.42. The first-order valence-electron chi connectivity index (χ1n) is 12.7. The number of anilines is 1. The average Bonchev–Trinajstić information content (AvgIpc) is 2.92. The van der Waals surface area contributed by atoms with Crippen LogP contribution in [0.1, 0.15) is 50.6 Å². The van der Waals surface area contributed by atoms with Crippen molar-refractivity contribution in [2.24, 2.45) is 0 Å².